The molecule has 0 saturated heterocycles. The molecule has 5 N–H and O–H groups in total. The van der Waals surface area contributed by atoms with Crippen LogP contribution >= 0.6 is 0 Å². The van der Waals surface area contributed by atoms with Crippen LogP contribution in [0, 0.1) is 0 Å². The summed E-state index contributed by atoms with van der Waals surface area (Å²) in [6.07, 6.45) is 1.53. The van der Waals surface area contributed by atoms with Gasteiger partial charge in [-0.2, -0.15) is 4.98 Å². The number of amides is 1. The molecule has 0 atom stereocenters. The number of hydrogen-bond acceptors (Lipinski definition) is 8. The summed E-state index contributed by atoms with van der Waals surface area (Å²) in [5.74, 6) is -0.177. The fraction of sp³-hybridized carbons (Fsp3) is 0.176. The van der Waals surface area contributed by atoms with Crippen LogP contribution < -0.4 is 26.3 Å². The second-order valence-corrected chi connectivity index (χ2v) is 5.05. The Morgan fingerprint density at radius 1 is 1.27 bits per heavy atom. The van der Waals surface area contributed by atoms with E-state index in [0.717, 1.165) is 0 Å². The molecule has 1 aromatic carbocycles. The van der Waals surface area contributed by atoms with Gasteiger partial charge in [0.25, 0.3) is 5.91 Å². The summed E-state index contributed by atoms with van der Waals surface area (Å²) >= 11 is 0. The standard InChI is InChI=1S/C17H20N6O3/c1-20-14(15(24)21-2)13(19)10-7-5-6-9(12(10)18)11-8-22-17(26-4)23-16(11)25-3/h5-8H,1,18-19H2,2-4H3,(H,21,24)/b14-13+. The quantitative estimate of drug-likeness (QED) is 0.396. The summed E-state index contributed by atoms with van der Waals surface area (Å²) in [5, 5.41) is 2.46. The maximum absolute atomic E-state index is 11.9. The molecule has 0 aliphatic heterocycles. The first-order valence-corrected chi connectivity index (χ1v) is 7.51. The molecule has 0 aliphatic carbocycles. The van der Waals surface area contributed by atoms with Gasteiger partial charge in [-0.25, -0.2) is 4.98 Å². The van der Waals surface area contributed by atoms with E-state index in [1.807, 2.05) is 0 Å². The monoisotopic (exact) mass is 356 g/mol. The number of hydrogen-bond donors (Lipinski definition) is 3. The predicted molar refractivity (Wildman–Crippen MR) is 99.7 cm³/mol. The van der Waals surface area contributed by atoms with E-state index in [0.29, 0.717) is 22.4 Å². The lowest BCUT2D eigenvalue weighted by Gasteiger charge is -2.14. The molecule has 1 heterocycles. The molecule has 1 amide bonds. The smallest absolute Gasteiger partial charge is 0.319 e. The molecular formula is C17H20N6O3. The number of aromatic nitrogens is 2. The van der Waals surface area contributed by atoms with Gasteiger partial charge in [0.15, 0.2) is 5.70 Å². The molecule has 9 heteroatoms. The van der Waals surface area contributed by atoms with Gasteiger partial charge in [-0.1, -0.05) is 18.2 Å². The normalized spacial score (nSPS) is 11.3. The first-order chi connectivity index (χ1) is 12.5. The minimum Gasteiger partial charge on any atom is -0.480 e. The lowest BCUT2D eigenvalue weighted by Crippen LogP contribution is -2.22. The number of likely N-dealkylation sites (N-methyl/N-ethyl adjacent to an activating group) is 1. The summed E-state index contributed by atoms with van der Waals surface area (Å²) in [7, 11) is 4.41. The molecule has 1 aromatic heterocycles. The molecule has 2 aromatic rings. The van der Waals surface area contributed by atoms with Crippen LogP contribution in [0.3, 0.4) is 0 Å². The average molecular weight is 356 g/mol. The van der Waals surface area contributed by atoms with E-state index in [4.69, 9.17) is 20.9 Å². The van der Waals surface area contributed by atoms with E-state index in [9.17, 15) is 4.79 Å². The number of rotatable bonds is 6. The highest BCUT2D eigenvalue weighted by Gasteiger charge is 2.18. The van der Waals surface area contributed by atoms with E-state index < -0.39 is 5.91 Å². The van der Waals surface area contributed by atoms with E-state index in [1.54, 1.807) is 18.2 Å². The maximum Gasteiger partial charge on any atom is 0.319 e. The van der Waals surface area contributed by atoms with Crippen LogP contribution in [0.1, 0.15) is 5.56 Å². The molecule has 0 saturated carbocycles. The lowest BCUT2D eigenvalue weighted by atomic mass is 9.99. The fourth-order valence-electron chi connectivity index (χ4n) is 2.35. The number of nitrogens with two attached hydrogens (primary N) is 2. The number of aliphatic imine (C=N–C) groups is 1. The SMILES string of the molecule is C=N/C(C(=O)NC)=C(/N)c1cccc(-c2cnc(OC)nc2OC)c1N. The van der Waals surface area contributed by atoms with Gasteiger partial charge < -0.3 is 26.3 Å². The Hall–Kier alpha value is -3.62. The van der Waals surface area contributed by atoms with Crippen molar-refractivity contribution in [1.29, 1.82) is 0 Å². The molecular weight excluding hydrogens is 336 g/mol. The van der Waals surface area contributed by atoms with Crippen molar-refractivity contribution in [3.63, 3.8) is 0 Å². The molecule has 0 radical (unpaired) electrons. The average Bonchev–Trinajstić information content (AvgIpc) is 2.67. The Morgan fingerprint density at radius 2 is 2.00 bits per heavy atom. The Bertz CT molecular complexity index is 879. The molecule has 0 fully saturated rings. The number of anilines is 1. The van der Waals surface area contributed by atoms with Gasteiger partial charge in [-0.05, 0) is 6.72 Å². The van der Waals surface area contributed by atoms with Crippen LogP contribution in [-0.4, -0.2) is 43.9 Å². The summed E-state index contributed by atoms with van der Waals surface area (Å²) in [5.41, 5.74) is 14.4. The van der Waals surface area contributed by atoms with Gasteiger partial charge in [0.2, 0.25) is 5.88 Å². The molecule has 0 bridgehead atoms. The number of benzene rings is 1. The van der Waals surface area contributed by atoms with Crippen molar-refractivity contribution in [3.8, 4) is 23.0 Å². The fourth-order valence-corrected chi connectivity index (χ4v) is 2.35. The second kappa shape index (κ2) is 7.97. The van der Waals surface area contributed by atoms with Gasteiger partial charge in [0, 0.05) is 30.1 Å². The molecule has 136 valence electrons. The maximum atomic E-state index is 11.9. The highest BCUT2D eigenvalue weighted by atomic mass is 16.5. The third-order valence-corrected chi connectivity index (χ3v) is 3.65. The van der Waals surface area contributed by atoms with Crippen LogP contribution in [0.5, 0.6) is 11.9 Å². The third-order valence-electron chi connectivity index (χ3n) is 3.65. The zero-order valence-corrected chi connectivity index (χ0v) is 14.7. The number of ether oxygens (including phenoxy) is 2. The molecule has 26 heavy (non-hydrogen) atoms. The van der Waals surface area contributed by atoms with Crippen molar-refractivity contribution in [2.75, 3.05) is 27.0 Å². The number of para-hydroxylation sites is 1. The van der Waals surface area contributed by atoms with Gasteiger partial charge in [0.1, 0.15) is 0 Å². The third kappa shape index (κ3) is 3.41. The summed E-state index contributed by atoms with van der Waals surface area (Å²) in [4.78, 5) is 23.9. The molecule has 0 unspecified atom stereocenters. The van der Waals surface area contributed by atoms with Crippen molar-refractivity contribution < 1.29 is 14.3 Å². The zero-order valence-electron chi connectivity index (χ0n) is 14.7. The molecule has 2 rings (SSSR count). The van der Waals surface area contributed by atoms with Crippen molar-refractivity contribution in [2.45, 2.75) is 0 Å². The van der Waals surface area contributed by atoms with Crippen LogP contribution in [0.4, 0.5) is 5.69 Å². The summed E-state index contributed by atoms with van der Waals surface area (Å²) in [6.45, 7) is 3.39. The second-order valence-electron chi connectivity index (χ2n) is 5.05. The highest BCUT2D eigenvalue weighted by molar-refractivity contribution is 6.02. The van der Waals surface area contributed by atoms with E-state index in [-0.39, 0.29) is 23.3 Å². The Kier molecular flexibility index (Phi) is 5.74. The highest BCUT2D eigenvalue weighted by Crippen LogP contribution is 2.36. The van der Waals surface area contributed by atoms with Gasteiger partial charge in [-0.3, -0.25) is 9.79 Å². The molecule has 0 aliphatic rings. The van der Waals surface area contributed by atoms with E-state index in [2.05, 4.69) is 27.0 Å². The lowest BCUT2D eigenvalue weighted by molar-refractivity contribution is -0.117. The van der Waals surface area contributed by atoms with Gasteiger partial charge in [0.05, 0.1) is 25.5 Å². The zero-order chi connectivity index (χ0) is 19.3. The largest absolute Gasteiger partial charge is 0.480 e. The Labute approximate surface area is 150 Å². The predicted octanol–water partition coefficient (Wildman–Crippen LogP) is 0.817. The van der Waals surface area contributed by atoms with Gasteiger partial charge >= 0.3 is 6.01 Å². The molecule has 9 nitrogen and oxygen atoms in total. The van der Waals surface area contributed by atoms with Crippen LogP contribution in [-0.2, 0) is 4.79 Å². The summed E-state index contributed by atoms with van der Waals surface area (Å²) in [6, 6.07) is 5.35. The van der Waals surface area contributed by atoms with Crippen molar-refractivity contribution in [3.05, 3.63) is 35.7 Å². The van der Waals surface area contributed by atoms with Crippen LogP contribution in [0.25, 0.3) is 16.8 Å². The van der Waals surface area contributed by atoms with Gasteiger partial charge in [-0.15, -0.1) is 0 Å². The van der Waals surface area contributed by atoms with Crippen molar-refractivity contribution in [1.82, 2.24) is 15.3 Å². The molecule has 0 spiro atoms. The number of carbonyl (C=O) groups is 1. The van der Waals surface area contributed by atoms with Crippen LogP contribution in [0.15, 0.2) is 35.1 Å². The topological polar surface area (TPSA) is 138 Å². The first kappa shape index (κ1) is 18.7. The van der Waals surface area contributed by atoms with Crippen molar-refractivity contribution >= 4 is 24.0 Å². The van der Waals surface area contributed by atoms with Crippen molar-refractivity contribution in [2.24, 2.45) is 10.7 Å². The number of carbonyl (C=O) groups excluding carboxylic acids is 1. The number of nitrogen functional groups attached to an aromatic ring is 1. The number of nitrogens with one attached hydrogen (secondary N) is 1. The minimum atomic E-state index is -0.465. The Morgan fingerprint density at radius 3 is 2.58 bits per heavy atom. The number of methoxy groups -OCH3 is 2. The van der Waals surface area contributed by atoms with E-state index in [1.165, 1.54) is 27.5 Å². The summed E-state index contributed by atoms with van der Waals surface area (Å²) < 4.78 is 10.3. The minimum absolute atomic E-state index is 0.0192. The van der Waals surface area contributed by atoms with Crippen LogP contribution in [0.2, 0.25) is 0 Å². The Balaban J connectivity index is 2.66. The first-order valence-electron chi connectivity index (χ1n) is 7.51. The van der Waals surface area contributed by atoms with E-state index >= 15 is 0 Å². The number of nitrogens with zero attached hydrogens (tertiary/aromatic N) is 3.